The Hall–Kier alpha value is -3.93. The SMILES string of the molecule is C[C@H](CO)N1C[C@H](C)[C@H](CN(C)Cc2ccc(C(F)(F)F)cc2)OCCCC[C@H](C)Oc2ccc(NC(=O)c3ccccc3)cc2C1=O. The van der Waals surface area contributed by atoms with Crippen LogP contribution < -0.4 is 10.1 Å². The van der Waals surface area contributed by atoms with Crippen LogP contribution in [0, 0.1) is 5.92 Å². The van der Waals surface area contributed by atoms with Gasteiger partial charge in [-0.15, -0.1) is 0 Å². The second-order valence-electron chi connectivity index (χ2n) is 12.7. The maximum absolute atomic E-state index is 14.3. The molecule has 4 atom stereocenters. The Kier molecular flexibility index (Phi) is 13.0. The van der Waals surface area contributed by atoms with Gasteiger partial charge in [0.25, 0.3) is 11.8 Å². The number of ether oxygens (including phenoxy) is 2. The van der Waals surface area contributed by atoms with E-state index in [0.717, 1.165) is 37.0 Å². The third-order valence-electron chi connectivity index (χ3n) is 8.57. The van der Waals surface area contributed by atoms with Gasteiger partial charge in [-0.05, 0) is 88.2 Å². The first kappa shape index (κ1) is 36.9. The number of fused-ring (bicyclic) bond motifs is 1. The van der Waals surface area contributed by atoms with Crippen LogP contribution in [-0.2, 0) is 17.5 Å². The number of hydrogen-bond donors (Lipinski definition) is 2. The minimum absolute atomic E-state index is 0.176. The lowest BCUT2D eigenvalue weighted by atomic mass is 10.0. The number of nitrogens with one attached hydrogen (secondary N) is 1. The molecule has 0 saturated heterocycles. The molecular weight excluding hydrogens is 623 g/mol. The number of aliphatic hydroxyl groups is 1. The van der Waals surface area contributed by atoms with Crippen molar-refractivity contribution >= 4 is 17.5 Å². The van der Waals surface area contributed by atoms with Crippen LogP contribution in [0.3, 0.4) is 0 Å². The fourth-order valence-corrected chi connectivity index (χ4v) is 5.74. The summed E-state index contributed by atoms with van der Waals surface area (Å²) >= 11 is 0. The van der Waals surface area contributed by atoms with E-state index >= 15 is 0 Å². The molecule has 0 aliphatic carbocycles. The molecule has 1 aliphatic rings. The van der Waals surface area contributed by atoms with Crippen molar-refractivity contribution in [1.29, 1.82) is 0 Å². The first-order chi connectivity index (χ1) is 22.8. The van der Waals surface area contributed by atoms with Gasteiger partial charge < -0.3 is 24.8 Å². The van der Waals surface area contributed by atoms with Gasteiger partial charge in [0, 0.05) is 43.4 Å². The number of hydrogen-bond acceptors (Lipinski definition) is 6. The molecule has 0 bridgehead atoms. The van der Waals surface area contributed by atoms with Crippen molar-refractivity contribution in [3.63, 3.8) is 0 Å². The number of carbonyl (C=O) groups excluding carboxylic acids is 2. The molecule has 0 spiro atoms. The standard InChI is InChI=1S/C37H46F3N3O5/c1-25-21-43(26(2)24-44)36(46)32-20-31(41-35(45)29-11-6-5-7-12-29)17-18-33(32)48-27(3)10-8-9-19-47-34(25)23-42(4)22-28-13-15-30(16-14-28)37(38,39)40/h5-7,11-18,20,25-27,34,44H,8-10,19,21-24H2,1-4H3,(H,41,45)/t25-,26+,27-,34-/m0/s1. The predicted molar refractivity (Wildman–Crippen MR) is 179 cm³/mol. The molecule has 0 saturated carbocycles. The molecule has 8 nitrogen and oxygen atoms in total. The summed E-state index contributed by atoms with van der Waals surface area (Å²) in [6.07, 6.45) is -2.53. The van der Waals surface area contributed by atoms with E-state index in [-0.39, 0.29) is 48.7 Å². The van der Waals surface area contributed by atoms with Crippen molar-refractivity contribution in [3.05, 3.63) is 95.1 Å². The van der Waals surface area contributed by atoms with E-state index in [4.69, 9.17) is 9.47 Å². The van der Waals surface area contributed by atoms with Crippen LogP contribution in [-0.4, -0.2) is 78.3 Å². The van der Waals surface area contributed by atoms with E-state index in [0.29, 0.717) is 36.7 Å². The van der Waals surface area contributed by atoms with Crippen molar-refractivity contribution in [1.82, 2.24) is 9.80 Å². The Morgan fingerprint density at radius 1 is 1.06 bits per heavy atom. The zero-order valence-corrected chi connectivity index (χ0v) is 28.0. The van der Waals surface area contributed by atoms with Crippen molar-refractivity contribution in [2.24, 2.45) is 5.92 Å². The number of halogens is 3. The number of benzene rings is 3. The average Bonchev–Trinajstić information content (AvgIpc) is 3.06. The maximum atomic E-state index is 14.3. The number of likely N-dealkylation sites (N-methyl/N-ethyl adjacent to an activating group) is 1. The first-order valence-corrected chi connectivity index (χ1v) is 16.4. The number of carbonyl (C=O) groups is 2. The Morgan fingerprint density at radius 2 is 1.77 bits per heavy atom. The molecule has 48 heavy (non-hydrogen) atoms. The lowest BCUT2D eigenvalue weighted by Crippen LogP contribution is -2.47. The summed E-state index contributed by atoms with van der Waals surface area (Å²) in [7, 11) is 1.89. The molecule has 1 heterocycles. The van der Waals surface area contributed by atoms with Gasteiger partial charge in [-0.2, -0.15) is 13.2 Å². The number of alkyl halides is 3. The molecule has 0 fully saturated rings. The largest absolute Gasteiger partial charge is 0.490 e. The van der Waals surface area contributed by atoms with Crippen molar-refractivity contribution in [2.75, 3.05) is 38.7 Å². The molecular formula is C37H46F3N3O5. The minimum Gasteiger partial charge on any atom is -0.490 e. The van der Waals surface area contributed by atoms with E-state index in [1.807, 2.05) is 31.9 Å². The number of aliphatic hydroxyl groups excluding tert-OH is 1. The van der Waals surface area contributed by atoms with E-state index in [2.05, 4.69) is 5.32 Å². The van der Waals surface area contributed by atoms with Gasteiger partial charge in [0.2, 0.25) is 0 Å². The summed E-state index contributed by atoms with van der Waals surface area (Å²) in [4.78, 5) is 30.9. The zero-order chi connectivity index (χ0) is 34.8. The molecule has 0 unspecified atom stereocenters. The normalized spacial score (nSPS) is 20.4. The van der Waals surface area contributed by atoms with Gasteiger partial charge in [0.05, 0.1) is 36.0 Å². The highest BCUT2D eigenvalue weighted by atomic mass is 19.4. The lowest BCUT2D eigenvalue weighted by Gasteiger charge is -2.36. The topological polar surface area (TPSA) is 91.3 Å². The van der Waals surface area contributed by atoms with E-state index in [1.54, 1.807) is 54.3 Å². The van der Waals surface area contributed by atoms with Crippen molar-refractivity contribution < 1.29 is 37.3 Å². The minimum atomic E-state index is -4.39. The Balaban J connectivity index is 1.58. The number of anilines is 1. The van der Waals surface area contributed by atoms with Gasteiger partial charge in [-0.3, -0.25) is 14.5 Å². The molecule has 11 heteroatoms. The van der Waals surface area contributed by atoms with Gasteiger partial charge in [-0.25, -0.2) is 0 Å². The summed E-state index contributed by atoms with van der Waals surface area (Å²) in [6.45, 7) is 7.09. The smallest absolute Gasteiger partial charge is 0.416 e. The Morgan fingerprint density at radius 3 is 2.44 bits per heavy atom. The molecule has 4 rings (SSSR count). The predicted octanol–water partition coefficient (Wildman–Crippen LogP) is 6.89. The number of rotatable bonds is 8. The van der Waals surface area contributed by atoms with Gasteiger partial charge in [0.15, 0.2) is 0 Å². The van der Waals surface area contributed by atoms with Crippen LogP contribution >= 0.6 is 0 Å². The summed E-state index contributed by atoms with van der Waals surface area (Å²) < 4.78 is 51.8. The lowest BCUT2D eigenvalue weighted by molar-refractivity contribution is -0.137. The van der Waals surface area contributed by atoms with Crippen LogP contribution in [0.5, 0.6) is 5.75 Å². The highest BCUT2D eigenvalue weighted by Crippen LogP contribution is 2.30. The second-order valence-corrected chi connectivity index (χ2v) is 12.7. The monoisotopic (exact) mass is 669 g/mol. The Bertz CT molecular complexity index is 1490. The summed E-state index contributed by atoms with van der Waals surface area (Å²) in [5.74, 6) is -0.442. The van der Waals surface area contributed by atoms with Gasteiger partial charge >= 0.3 is 6.18 Å². The quantitative estimate of drug-likeness (QED) is 0.272. The van der Waals surface area contributed by atoms with E-state index in [1.165, 1.54) is 12.1 Å². The molecule has 3 aromatic rings. The van der Waals surface area contributed by atoms with E-state index < -0.39 is 17.8 Å². The highest BCUT2D eigenvalue weighted by Gasteiger charge is 2.32. The molecule has 0 radical (unpaired) electrons. The average molecular weight is 670 g/mol. The van der Waals surface area contributed by atoms with Crippen LogP contribution in [0.4, 0.5) is 18.9 Å². The van der Waals surface area contributed by atoms with Crippen LogP contribution in [0.15, 0.2) is 72.8 Å². The van der Waals surface area contributed by atoms with Crippen molar-refractivity contribution in [3.8, 4) is 5.75 Å². The first-order valence-electron chi connectivity index (χ1n) is 16.4. The fraction of sp³-hybridized carbons (Fsp3) is 0.459. The maximum Gasteiger partial charge on any atom is 0.416 e. The Labute approximate surface area is 280 Å². The van der Waals surface area contributed by atoms with Gasteiger partial charge in [0.1, 0.15) is 5.75 Å². The molecule has 0 aromatic heterocycles. The molecule has 260 valence electrons. The summed E-state index contributed by atoms with van der Waals surface area (Å²) in [6, 6.07) is 18.4. The fourth-order valence-electron chi connectivity index (χ4n) is 5.74. The molecule has 2 amide bonds. The van der Waals surface area contributed by atoms with Crippen LogP contribution in [0.25, 0.3) is 0 Å². The van der Waals surface area contributed by atoms with Crippen LogP contribution in [0.1, 0.15) is 71.9 Å². The molecule has 1 aliphatic heterocycles. The van der Waals surface area contributed by atoms with E-state index in [9.17, 15) is 27.9 Å². The highest BCUT2D eigenvalue weighted by molar-refractivity contribution is 6.05. The van der Waals surface area contributed by atoms with Crippen molar-refractivity contribution in [2.45, 2.75) is 71.0 Å². The molecule has 2 N–H and O–H groups in total. The summed E-state index contributed by atoms with van der Waals surface area (Å²) in [5.41, 5.74) is 1.24. The molecule has 3 aromatic carbocycles. The second kappa shape index (κ2) is 16.9. The van der Waals surface area contributed by atoms with Crippen LogP contribution in [0.2, 0.25) is 0 Å². The van der Waals surface area contributed by atoms with Gasteiger partial charge in [-0.1, -0.05) is 37.3 Å². The summed E-state index contributed by atoms with van der Waals surface area (Å²) in [5, 5.41) is 13.1. The zero-order valence-electron chi connectivity index (χ0n) is 28.0. The third-order valence-corrected chi connectivity index (χ3v) is 8.57. The number of nitrogens with zero attached hydrogens (tertiary/aromatic N) is 2. The number of amides is 2. The third kappa shape index (κ3) is 10.3.